The predicted octanol–water partition coefficient (Wildman–Crippen LogP) is 1.61. The lowest BCUT2D eigenvalue weighted by Crippen LogP contribution is -2.33. The van der Waals surface area contributed by atoms with E-state index in [1.807, 2.05) is 13.8 Å². The van der Waals surface area contributed by atoms with Gasteiger partial charge >= 0.3 is 5.97 Å². The fraction of sp³-hybridized carbons (Fsp3) is 0.818. The van der Waals surface area contributed by atoms with Crippen LogP contribution in [0.15, 0.2) is 0 Å². The molecule has 0 saturated carbocycles. The van der Waals surface area contributed by atoms with Crippen LogP contribution in [0.1, 0.15) is 33.6 Å². The number of rotatable bonds is 7. The Morgan fingerprint density at radius 3 is 2.50 bits per heavy atom. The minimum absolute atomic E-state index is 0.178. The zero-order valence-electron chi connectivity index (χ0n) is 10.1. The zero-order chi connectivity index (χ0) is 12.6. The van der Waals surface area contributed by atoms with Crippen molar-refractivity contribution in [2.45, 2.75) is 39.7 Å². The quantitative estimate of drug-likeness (QED) is 0.548. The number of unbranched alkanes of at least 4 members (excludes halogenated alkanes) is 1. The van der Waals surface area contributed by atoms with Crippen molar-refractivity contribution in [3.05, 3.63) is 0 Å². The average molecular weight is 248 g/mol. The summed E-state index contributed by atoms with van der Waals surface area (Å²) in [7, 11) is 0. The summed E-state index contributed by atoms with van der Waals surface area (Å²) in [5.74, 6) is -0.772. The van der Waals surface area contributed by atoms with Crippen molar-refractivity contribution in [1.29, 1.82) is 0 Å². The second-order valence-electron chi connectivity index (χ2n) is 3.51. The van der Waals surface area contributed by atoms with Crippen molar-refractivity contribution in [2.75, 3.05) is 12.4 Å². The third-order valence-electron chi connectivity index (χ3n) is 2.12. The Kier molecular flexibility index (Phi) is 8.29. The van der Waals surface area contributed by atoms with Crippen LogP contribution >= 0.6 is 11.8 Å². The van der Waals surface area contributed by atoms with E-state index in [9.17, 15) is 14.7 Å². The van der Waals surface area contributed by atoms with Crippen LogP contribution < -0.4 is 0 Å². The predicted molar refractivity (Wildman–Crippen MR) is 64.2 cm³/mol. The lowest BCUT2D eigenvalue weighted by atomic mass is 10.1. The second kappa shape index (κ2) is 8.58. The largest absolute Gasteiger partial charge is 0.464 e. The second-order valence-corrected chi connectivity index (χ2v) is 4.78. The Balaban J connectivity index is 4.05. The first-order valence-corrected chi connectivity index (χ1v) is 6.54. The number of hydrogen-bond acceptors (Lipinski definition) is 5. The van der Waals surface area contributed by atoms with Gasteiger partial charge < -0.3 is 9.84 Å². The van der Waals surface area contributed by atoms with E-state index in [0.29, 0.717) is 12.4 Å². The topological polar surface area (TPSA) is 63.6 Å². The summed E-state index contributed by atoms with van der Waals surface area (Å²) in [6, 6.07) is 0. The molecule has 94 valence electrons. The van der Waals surface area contributed by atoms with Crippen LogP contribution in [-0.2, 0) is 14.3 Å². The number of aliphatic hydroxyl groups is 1. The molecule has 0 aromatic heterocycles. The summed E-state index contributed by atoms with van der Waals surface area (Å²) < 4.78 is 4.84. The summed E-state index contributed by atoms with van der Waals surface area (Å²) in [5, 5.41) is 9.40. The molecule has 0 aromatic carbocycles. The van der Waals surface area contributed by atoms with E-state index < -0.39 is 18.0 Å². The molecule has 5 heteroatoms. The highest BCUT2D eigenvalue weighted by molar-refractivity contribution is 8.13. The molecule has 0 aliphatic heterocycles. The zero-order valence-corrected chi connectivity index (χ0v) is 10.9. The standard InChI is InChI=1S/C11H20O4S/c1-4-6-7-15-10(13)9(12)8(3)11(14)16-5-2/h8-9,12H,4-7H2,1-3H3. The summed E-state index contributed by atoms with van der Waals surface area (Å²) in [5.41, 5.74) is 0. The van der Waals surface area contributed by atoms with Crippen LogP contribution in [0, 0.1) is 5.92 Å². The number of aliphatic hydroxyl groups excluding tert-OH is 1. The summed E-state index contributed by atoms with van der Waals surface area (Å²) in [6.45, 7) is 5.67. The molecule has 2 unspecified atom stereocenters. The first-order chi connectivity index (χ1) is 7.54. The SMILES string of the molecule is CCCCOC(=O)C(O)C(C)C(=O)SCC. The molecule has 0 aliphatic carbocycles. The van der Waals surface area contributed by atoms with Crippen LogP contribution in [0.25, 0.3) is 0 Å². The van der Waals surface area contributed by atoms with Crippen LogP contribution in [0.3, 0.4) is 0 Å². The lowest BCUT2D eigenvalue weighted by molar-refractivity contribution is -0.157. The minimum Gasteiger partial charge on any atom is -0.464 e. The Morgan fingerprint density at radius 2 is 2.00 bits per heavy atom. The van der Waals surface area contributed by atoms with Crippen molar-refractivity contribution in [1.82, 2.24) is 0 Å². The fourth-order valence-electron chi connectivity index (χ4n) is 1.01. The average Bonchev–Trinajstić information content (AvgIpc) is 2.27. The number of carbonyl (C=O) groups excluding carboxylic acids is 2. The van der Waals surface area contributed by atoms with Gasteiger partial charge in [0.25, 0.3) is 0 Å². The maximum Gasteiger partial charge on any atom is 0.335 e. The molecule has 2 atom stereocenters. The van der Waals surface area contributed by atoms with Crippen LogP contribution in [0.2, 0.25) is 0 Å². The van der Waals surface area contributed by atoms with Gasteiger partial charge in [0, 0.05) is 0 Å². The Bertz CT molecular complexity index is 230. The number of ether oxygens (including phenoxy) is 1. The molecule has 16 heavy (non-hydrogen) atoms. The number of thioether (sulfide) groups is 1. The molecule has 0 aliphatic rings. The highest BCUT2D eigenvalue weighted by Crippen LogP contribution is 2.15. The van der Waals surface area contributed by atoms with Gasteiger partial charge in [-0.25, -0.2) is 4.79 Å². The van der Waals surface area contributed by atoms with Gasteiger partial charge in [-0.2, -0.15) is 0 Å². The monoisotopic (exact) mass is 248 g/mol. The Labute approximate surface area is 101 Å². The molecule has 0 spiro atoms. The number of esters is 1. The van der Waals surface area contributed by atoms with E-state index >= 15 is 0 Å². The van der Waals surface area contributed by atoms with Crippen molar-refractivity contribution >= 4 is 22.8 Å². The maximum atomic E-state index is 11.4. The normalized spacial score (nSPS) is 14.2. The molecule has 1 N–H and O–H groups in total. The number of hydrogen-bond donors (Lipinski definition) is 1. The lowest BCUT2D eigenvalue weighted by Gasteiger charge is -2.15. The third-order valence-corrected chi connectivity index (χ3v) is 3.06. The van der Waals surface area contributed by atoms with E-state index in [1.165, 1.54) is 6.92 Å². The van der Waals surface area contributed by atoms with Gasteiger partial charge in [-0.3, -0.25) is 4.79 Å². The van der Waals surface area contributed by atoms with Crippen LogP contribution in [0.5, 0.6) is 0 Å². The molecule has 0 bridgehead atoms. The van der Waals surface area contributed by atoms with Gasteiger partial charge in [0.15, 0.2) is 11.2 Å². The first-order valence-electron chi connectivity index (χ1n) is 5.55. The molecule has 0 heterocycles. The van der Waals surface area contributed by atoms with Crippen molar-refractivity contribution < 1.29 is 19.4 Å². The van der Waals surface area contributed by atoms with Crippen LogP contribution in [-0.4, -0.2) is 34.7 Å². The van der Waals surface area contributed by atoms with Gasteiger partial charge in [0.05, 0.1) is 12.5 Å². The van der Waals surface area contributed by atoms with E-state index in [2.05, 4.69) is 0 Å². The van der Waals surface area contributed by atoms with Crippen molar-refractivity contribution in [3.8, 4) is 0 Å². The molecule has 0 saturated heterocycles. The summed E-state index contributed by atoms with van der Waals surface area (Å²) in [6.07, 6.45) is 0.344. The molecule has 0 fully saturated rings. The Morgan fingerprint density at radius 1 is 1.38 bits per heavy atom. The molecule has 0 amide bonds. The smallest absolute Gasteiger partial charge is 0.335 e. The third kappa shape index (κ3) is 5.51. The molecule has 0 aromatic rings. The molecule has 0 rings (SSSR count). The van der Waals surface area contributed by atoms with Crippen molar-refractivity contribution in [2.24, 2.45) is 5.92 Å². The highest BCUT2D eigenvalue weighted by Gasteiger charge is 2.29. The first kappa shape index (κ1) is 15.4. The molecule has 0 radical (unpaired) electrons. The van der Waals surface area contributed by atoms with E-state index in [0.717, 1.165) is 24.6 Å². The van der Waals surface area contributed by atoms with Crippen molar-refractivity contribution in [3.63, 3.8) is 0 Å². The van der Waals surface area contributed by atoms with Gasteiger partial charge in [0.2, 0.25) is 0 Å². The van der Waals surface area contributed by atoms with Gasteiger partial charge in [0.1, 0.15) is 0 Å². The van der Waals surface area contributed by atoms with Gasteiger partial charge in [-0.1, -0.05) is 39.0 Å². The molecule has 4 nitrogen and oxygen atoms in total. The Hall–Kier alpha value is -0.550. The van der Waals surface area contributed by atoms with Gasteiger partial charge in [-0.15, -0.1) is 0 Å². The van der Waals surface area contributed by atoms with Gasteiger partial charge in [-0.05, 0) is 12.2 Å². The minimum atomic E-state index is -1.34. The van der Waals surface area contributed by atoms with E-state index in [-0.39, 0.29) is 5.12 Å². The van der Waals surface area contributed by atoms with E-state index in [1.54, 1.807) is 0 Å². The van der Waals surface area contributed by atoms with Crippen LogP contribution in [0.4, 0.5) is 0 Å². The number of carbonyl (C=O) groups is 2. The molecular weight excluding hydrogens is 228 g/mol. The summed E-state index contributed by atoms with van der Waals surface area (Å²) >= 11 is 1.11. The maximum absolute atomic E-state index is 11.4. The molecular formula is C11H20O4S. The van der Waals surface area contributed by atoms with E-state index in [4.69, 9.17) is 4.74 Å². The highest BCUT2D eigenvalue weighted by atomic mass is 32.2. The fourth-order valence-corrected chi connectivity index (χ4v) is 1.69. The summed E-state index contributed by atoms with van der Waals surface area (Å²) in [4.78, 5) is 22.7.